The number of hydrogen-bond donors (Lipinski definition) is 1. The molecule has 31 heavy (non-hydrogen) atoms. The number of carbonyl (C=O) groups is 1. The first-order valence-corrected chi connectivity index (χ1v) is 10.9. The highest BCUT2D eigenvalue weighted by molar-refractivity contribution is 7.99. The molecule has 0 radical (unpaired) electrons. The second kappa shape index (κ2) is 11.1. The second-order valence-corrected chi connectivity index (χ2v) is 8.39. The smallest absolute Gasteiger partial charge is 0.302 e. The highest BCUT2D eigenvalue weighted by atomic mass is 32.2. The number of carbonyl (C=O) groups excluding carboxylic acids is 1. The lowest BCUT2D eigenvalue weighted by atomic mass is 10.1. The van der Waals surface area contributed by atoms with Gasteiger partial charge >= 0.3 is 5.97 Å². The monoisotopic (exact) mass is 443 g/mol. The number of aromatic amines is 1. The molecule has 6 nitrogen and oxygen atoms in total. The van der Waals surface area contributed by atoms with Gasteiger partial charge in [0, 0.05) is 30.6 Å². The van der Waals surface area contributed by atoms with Gasteiger partial charge in [-0.05, 0) is 41.8 Å². The van der Waals surface area contributed by atoms with Crippen LogP contribution >= 0.6 is 11.8 Å². The Morgan fingerprint density at radius 3 is 2.65 bits per heavy atom. The fraction of sp³-hybridized carbons (Fsp3) is 0.348. The van der Waals surface area contributed by atoms with Crippen LogP contribution in [0.25, 0.3) is 0 Å². The minimum absolute atomic E-state index is 0.170. The molecule has 8 heteroatoms. The van der Waals surface area contributed by atoms with E-state index < -0.39 is 0 Å². The van der Waals surface area contributed by atoms with E-state index in [1.807, 2.05) is 18.2 Å². The molecule has 1 aromatic carbocycles. The normalized spacial score (nSPS) is 12.2. The van der Waals surface area contributed by atoms with E-state index in [0.29, 0.717) is 12.2 Å². The molecule has 1 N–H and O–H groups in total. The molecule has 0 bridgehead atoms. The molecule has 3 aromatic rings. The van der Waals surface area contributed by atoms with Crippen LogP contribution in [-0.4, -0.2) is 34.1 Å². The van der Waals surface area contributed by atoms with Gasteiger partial charge in [-0.3, -0.25) is 9.78 Å². The van der Waals surface area contributed by atoms with Crippen molar-refractivity contribution in [1.82, 2.24) is 15.0 Å². The van der Waals surface area contributed by atoms with E-state index in [4.69, 9.17) is 14.5 Å². The number of halogens is 1. The number of ether oxygens (including phenoxy) is 2. The molecule has 0 aliphatic rings. The summed E-state index contributed by atoms with van der Waals surface area (Å²) in [7, 11) is 0. The van der Waals surface area contributed by atoms with E-state index in [0.717, 1.165) is 21.2 Å². The zero-order valence-corrected chi connectivity index (χ0v) is 18.6. The topological polar surface area (TPSA) is 77.1 Å². The summed E-state index contributed by atoms with van der Waals surface area (Å²) in [5.41, 5.74) is 1.95. The van der Waals surface area contributed by atoms with Gasteiger partial charge in [0.25, 0.3) is 0 Å². The first-order valence-electron chi connectivity index (χ1n) is 10.1. The Hall–Kier alpha value is -2.71. The maximum atomic E-state index is 13.6. The maximum absolute atomic E-state index is 13.6. The first-order chi connectivity index (χ1) is 14.9. The lowest BCUT2D eigenvalue weighted by molar-refractivity contribution is -0.143. The van der Waals surface area contributed by atoms with E-state index in [1.54, 1.807) is 18.5 Å². The number of hydrogen-bond acceptors (Lipinski definition) is 6. The average molecular weight is 444 g/mol. The van der Waals surface area contributed by atoms with Crippen molar-refractivity contribution in [2.24, 2.45) is 0 Å². The van der Waals surface area contributed by atoms with Gasteiger partial charge in [0.1, 0.15) is 29.4 Å². The van der Waals surface area contributed by atoms with Gasteiger partial charge in [0.15, 0.2) is 0 Å². The molecule has 1 atom stereocenters. The zero-order chi connectivity index (χ0) is 22.2. The Morgan fingerprint density at radius 2 is 1.97 bits per heavy atom. The van der Waals surface area contributed by atoms with Gasteiger partial charge in [-0.15, -0.1) is 0 Å². The summed E-state index contributed by atoms with van der Waals surface area (Å²) in [6.07, 6.45) is 3.69. The Bertz CT molecular complexity index is 995. The highest BCUT2D eigenvalue weighted by Gasteiger charge is 2.22. The van der Waals surface area contributed by atoms with Crippen LogP contribution in [0.15, 0.2) is 58.7 Å². The Morgan fingerprint density at radius 1 is 1.19 bits per heavy atom. The number of rotatable bonds is 10. The fourth-order valence-electron chi connectivity index (χ4n) is 3.00. The number of nitrogens with one attached hydrogen (secondary N) is 1. The summed E-state index contributed by atoms with van der Waals surface area (Å²) in [5, 5.41) is 0.860. The molecule has 0 aliphatic heterocycles. The van der Waals surface area contributed by atoms with Crippen LogP contribution in [0.5, 0.6) is 0 Å². The molecule has 0 saturated carbocycles. The van der Waals surface area contributed by atoms with Crippen molar-refractivity contribution >= 4 is 17.7 Å². The summed E-state index contributed by atoms with van der Waals surface area (Å²) in [5.74, 6) is 0.231. The van der Waals surface area contributed by atoms with Crippen molar-refractivity contribution in [2.75, 3.05) is 13.2 Å². The molecular formula is C23H26FN3O3S. The Labute approximate surface area is 185 Å². The van der Waals surface area contributed by atoms with E-state index in [-0.39, 0.29) is 37.0 Å². The average Bonchev–Trinajstić information content (AvgIpc) is 3.15. The quantitative estimate of drug-likeness (QED) is 0.348. The van der Waals surface area contributed by atoms with Crippen LogP contribution in [-0.2, 0) is 20.7 Å². The lowest BCUT2D eigenvalue weighted by Gasteiger charge is -2.16. The summed E-state index contributed by atoms with van der Waals surface area (Å²) in [6.45, 7) is 5.92. The molecule has 0 fully saturated rings. The van der Waals surface area contributed by atoms with Gasteiger partial charge < -0.3 is 14.5 Å². The van der Waals surface area contributed by atoms with Crippen molar-refractivity contribution in [1.29, 1.82) is 0 Å². The number of H-pyrrole nitrogens is 1. The van der Waals surface area contributed by atoms with E-state index in [1.165, 1.54) is 30.8 Å². The van der Waals surface area contributed by atoms with Crippen LogP contribution in [0.4, 0.5) is 4.39 Å². The maximum Gasteiger partial charge on any atom is 0.302 e. The molecule has 3 rings (SSSR count). The number of imidazole rings is 1. The molecule has 0 saturated heterocycles. The van der Waals surface area contributed by atoms with Crippen molar-refractivity contribution in [2.45, 2.75) is 49.1 Å². The zero-order valence-electron chi connectivity index (χ0n) is 17.8. The van der Waals surface area contributed by atoms with Gasteiger partial charge in [0.2, 0.25) is 0 Å². The minimum atomic E-state index is -0.364. The standard InChI is InChI=1S/C23H26FN3O3S/c1-15(2)21-23(31-19-6-4-5-18(24)14-19)27-22(26-21)20(30-12-11-29-16(3)28)13-17-7-9-25-10-8-17/h4-10,14-15,20H,11-13H2,1-3H3,(H,26,27). The van der Waals surface area contributed by atoms with Crippen LogP contribution in [0.2, 0.25) is 0 Å². The molecular weight excluding hydrogens is 417 g/mol. The van der Waals surface area contributed by atoms with Crippen molar-refractivity contribution in [3.63, 3.8) is 0 Å². The molecule has 1 unspecified atom stereocenters. The number of benzene rings is 1. The van der Waals surface area contributed by atoms with Crippen LogP contribution in [0.3, 0.4) is 0 Å². The van der Waals surface area contributed by atoms with Crippen molar-refractivity contribution in [3.05, 3.63) is 71.7 Å². The Kier molecular flexibility index (Phi) is 8.20. The third kappa shape index (κ3) is 6.90. The number of pyridine rings is 1. The molecule has 0 aliphatic carbocycles. The Balaban J connectivity index is 1.84. The molecule has 2 heterocycles. The fourth-order valence-corrected chi connectivity index (χ4v) is 4.10. The van der Waals surface area contributed by atoms with Gasteiger partial charge in [-0.25, -0.2) is 9.37 Å². The lowest BCUT2D eigenvalue weighted by Crippen LogP contribution is -2.15. The largest absolute Gasteiger partial charge is 0.463 e. The first kappa shape index (κ1) is 23.0. The highest BCUT2D eigenvalue weighted by Crippen LogP contribution is 2.34. The van der Waals surface area contributed by atoms with E-state index in [9.17, 15) is 9.18 Å². The van der Waals surface area contributed by atoms with E-state index in [2.05, 4.69) is 23.8 Å². The van der Waals surface area contributed by atoms with Gasteiger partial charge in [-0.1, -0.05) is 31.7 Å². The summed E-state index contributed by atoms with van der Waals surface area (Å²) in [6, 6.07) is 10.3. The number of aromatic nitrogens is 3. The summed E-state index contributed by atoms with van der Waals surface area (Å²) >= 11 is 1.44. The van der Waals surface area contributed by atoms with Crippen LogP contribution in [0.1, 0.15) is 49.9 Å². The van der Waals surface area contributed by atoms with Crippen molar-refractivity contribution in [3.8, 4) is 0 Å². The third-order valence-corrected chi connectivity index (χ3v) is 5.47. The molecule has 0 spiro atoms. The number of esters is 1. The predicted octanol–water partition coefficient (Wildman–Crippen LogP) is 5.08. The van der Waals surface area contributed by atoms with Gasteiger partial charge in [0.05, 0.1) is 12.3 Å². The molecule has 2 aromatic heterocycles. The van der Waals surface area contributed by atoms with Crippen LogP contribution in [0, 0.1) is 5.82 Å². The SMILES string of the molecule is CC(=O)OCCOC(Cc1ccncc1)c1nc(C(C)C)c(Sc2cccc(F)c2)[nH]1. The van der Waals surface area contributed by atoms with Crippen molar-refractivity contribution < 1.29 is 18.7 Å². The van der Waals surface area contributed by atoms with Gasteiger partial charge in [-0.2, -0.15) is 0 Å². The molecule has 164 valence electrons. The van der Waals surface area contributed by atoms with E-state index >= 15 is 0 Å². The third-order valence-electron chi connectivity index (χ3n) is 4.46. The predicted molar refractivity (Wildman–Crippen MR) is 116 cm³/mol. The summed E-state index contributed by atoms with van der Waals surface area (Å²) < 4.78 is 24.7. The van der Waals surface area contributed by atoms with Crippen LogP contribution < -0.4 is 0 Å². The molecule has 0 amide bonds. The second-order valence-electron chi connectivity index (χ2n) is 7.31. The minimum Gasteiger partial charge on any atom is -0.463 e. The number of nitrogens with zero attached hydrogens (tertiary/aromatic N) is 2. The summed E-state index contributed by atoms with van der Waals surface area (Å²) in [4.78, 5) is 24.1.